The van der Waals surface area contributed by atoms with E-state index in [1.54, 1.807) is 24.3 Å². The molecule has 1 aromatic carbocycles. The van der Waals surface area contributed by atoms with Crippen molar-refractivity contribution in [2.75, 3.05) is 31.1 Å². The van der Waals surface area contributed by atoms with E-state index < -0.39 is 12.1 Å². The number of rotatable bonds is 2. The van der Waals surface area contributed by atoms with Gasteiger partial charge in [-0.3, -0.25) is 4.79 Å². The maximum atomic E-state index is 12.3. The number of alkyl halides is 3. The van der Waals surface area contributed by atoms with E-state index >= 15 is 0 Å². The van der Waals surface area contributed by atoms with Crippen LogP contribution in [0.1, 0.15) is 0 Å². The molecule has 0 aromatic heterocycles. The fraction of sp³-hybridized carbons (Fsp3) is 0.417. The summed E-state index contributed by atoms with van der Waals surface area (Å²) in [5.41, 5.74) is 9.58. The zero-order valence-corrected chi connectivity index (χ0v) is 10.9. The van der Waals surface area contributed by atoms with Crippen LogP contribution in [-0.4, -0.2) is 43.2 Å². The van der Waals surface area contributed by atoms with Crippen LogP contribution in [0.3, 0.4) is 0 Å². The lowest BCUT2D eigenvalue weighted by molar-refractivity contribution is -0.185. The maximum absolute atomic E-state index is 12.3. The Labute approximate surface area is 118 Å². The zero-order chi connectivity index (χ0) is 15.5. The van der Waals surface area contributed by atoms with Crippen LogP contribution in [0.25, 0.3) is 10.4 Å². The van der Waals surface area contributed by atoms with E-state index in [0.717, 1.165) is 10.6 Å². The van der Waals surface area contributed by atoms with Gasteiger partial charge in [-0.1, -0.05) is 17.2 Å². The number of carbonyl (C=O) groups excluding carboxylic acids is 1. The Hall–Kier alpha value is -2.41. The van der Waals surface area contributed by atoms with Gasteiger partial charge in [0.1, 0.15) is 0 Å². The van der Waals surface area contributed by atoms with Crippen molar-refractivity contribution >= 4 is 17.3 Å². The highest BCUT2D eigenvalue weighted by molar-refractivity contribution is 5.82. The quantitative estimate of drug-likeness (QED) is 0.478. The van der Waals surface area contributed by atoms with E-state index in [2.05, 4.69) is 10.0 Å². The number of benzene rings is 1. The largest absolute Gasteiger partial charge is 0.471 e. The molecule has 21 heavy (non-hydrogen) atoms. The molecule has 0 bridgehead atoms. The van der Waals surface area contributed by atoms with Gasteiger partial charge in [-0.2, -0.15) is 13.2 Å². The summed E-state index contributed by atoms with van der Waals surface area (Å²) >= 11 is 0. The molecule has 1 saturated heterocycles. The Balaban J connectivity index is 1.97. The van der Waals surface area contributed by atoms with Gasteiger partial charge >= 0.3 is 12.1 Å². The number of anilines is 1. The minimum Gasteiger partial charge on any atom is -0.368 e. The molecule has 1 aliphatic heterocycles. The van der Waals surface area contributed by atoms with Crippen LogP contribution in [0.5, 0.6) is 0 Å². The monoisotopic (exact) mass is 299 g/mol. The van der Waals surface area contributed by atoms with Crippen molar-refractivity contribution in [2.24, 2.45) is 5.11 Å². The fourth-order valence-corrected chi connectivity index (χ4v) is 2.13. The average molecular weight is 299 g/mol. The molecule has 112 valence electrons. The lowest BCUT2D eigenvalue weighted by atomic mass is 10.2. The molecule has 0 saturated carbocycles. The van der Waals surface area contributed by atoms with Crippen molar-refractivity contribution in [2.45, 2.75) is 6.18 Å². The van der Waals surface area contributed by atoms with Crippen molar-refractivity contribution in [3.63, 3.8) is 0 Å². The summed E-state index contributed by atoms with van der Waals surface area (Å²) in [6.45, 7) is 0.693. The van der Waals surface area contributed by atoms with Crippen molar-refractivity contribution in [1.82, 2.24) is 4.90 Å². The predicted octanol–water partition coefficient (Wildman–Crippen LogP) is 2.84. The van der Waals surface area contributed by atoms with Crippen LogP contribution < -0.4 is 4.90 Å². The Morgan fingerprint density at radius 2 is 1.71 bits per heavy atom. The molecule has 0 spiro atoms. The van der Waals surface area contributed by atoms with Crippen molar-refractivity contribution in [3.8, 4) is 0 Å². The van der Waals surface area contributed by atoms with Crippen molar-refractivity contribution < 1.29 is 18.0 Å². The molecule has 0 aliphatic carbocycles. The normalized spacial score (nSPS) is 15.6. The number of hydrogen-bond acceptors (Lipinski definition) is 3. The van der Waals surface area contributed by atoms with Crippen LogP contribution in [0.2, 0.25) is 0 Å². The lowest BCUT2D eigenvalue weighted by Crippen LogP contribution is -2.52. The number of hydrogen-bond donors (Lipinski definition) is 0. The third-order valence-corrected chi connectivity index (χ3v) is 3.18. The average Bonchev–Trinajstić information content (AvgIpc) is 2.47. The molecule has 1 heterocycles. The van der Waals surface area contributed by atoms with Crippen molar-refractivity contribution in [3.05, 3.63) is 34.7 Å². The maximum Gasteiger partial charge on any atom is 0.471 e. The molecule has 1 aromatic rings. The summed E-state index contributed by atoms with van der Waals surface area (Å²) in [5.74, 6) is -1.79. The Morgan fingerprint density at radius 3 is 2.19 bits per heavy atom. The molecule has 9 heteroatoms. The molecule has 1 fully saturated rings. The summed E-state index contributed by atoms with van der Waals surface area (Å²) in [5, 5.41) is 3.44. The molecular formula is C12H12F3N5O. The molecule has 1 aliphatic rings. The first-order chi connectivity index (χ1) is 9.91. The first-order valence-electron chi connectivity index (χ1n) is 6.18. The third kappa shape index (κ3) is 3.57. The Bertz CT molecular complexity index is 557. The van der Waals surface area contributed by atoms with E-state index in [1.807, 2.05) is 4.90 Å². The van der Waals surface area contributed by atoms with Crippen LogP contribution >= 0.6 is 0 Å². The standard InChI is InChI=1S/C12H12F3N5O/c13-12(14,15)11(21)20-7-5-19(6-8-20)10-3-1-9(2-4-10)17-18-16/h1-4H,5-8H2. The third-order valence-electron chi connectivity index (χ3n) is 3.18. The van der Waals surface area contributed by atoms with E-state index in [1.165, 1.54) is 0 Å². The predicted molar refractivity (Wildman–Crippen MR) is 70.1 cm³/mol. The molecular weight excluding hydrogens is 287 g/mol. The number of carbonyl (C=O) groups is 1. The highest BCUT2D eigenvalue weighted by Gasteiger charge is 2.43. The highest BCUT2D eigenvalue weighted by Crippen LogP contribution is 2.23. The SMILES string of the molecule is [N-]=[N+]=Nc1ccc(N2CCN(C(=O)C(F)(F)F)CC2)cc1. The van der Waals surface area contributed by atoms with E-state index in [4.69, 9.17) is 5.53 Å². The molecule has 2 rings (SSSR count). The van der Waals surface area contributed by atoms with Gasteiger partial charge in [0, 0.05) is 42.5 Å². The Kier molecular flexibility index (Phi) is 4.23. The van der Waals surface area contributed by atoms with Crippen LogP contribution in [-0.2, 0) is 4.79 Å². The minimum absolute atomic E-state index is 0.0242. The van der Waals surface area contributed by atoms with E-state index in [-0.39, 0.29) is 13.1 Å². The van der Waals surface area contributed by atoms with Gasteiger partial charge in [-0.05, 0) is 17.7 Å². The number of nitrogens with zero attached hydrogens (tertiary/aromatic N) is 5. The summed E-state index contributed by atoms with van der Waals surface area (Å²) < 4.78 is 37.0. The molecule has 0 N–H and O–H groups in total. The van der Waals surface area contributed by atoms with Gasteiger partial charge in [0.25, 0.3) is 0 Å². The van der Waals surface area contributed by atoms with Crippen LogP contribution in [0.15, 0.2) is 29.4 Å². The second-order valence-electron chi connectivity index (χ2n) is 4.48. The fourth-order valence-electron chi connectivity index (χ4n) is 2.13. The topological polar surface area (TPSA) is 72.3 Å². The summed E-state index contributed by atoms with van der Waals surface area (Å²) in [6.07, 6.45) is -4.82. The first kappa shape index (κ1) is 15.0. The molecule has 0 unspecified atom stereocenters. The first-order valence-corrected chi connectivity index (χ1v) is 6.18. The summed E-state index contributed by atoms with van der Waals surface area (Å²) in [4.78, 5) is 16.5. The molecule has 0 radical (unpaired) electrons. The number of piperazine rings is 1. The number of halogens is 3. The number of azide groups is 1. The van der Waals surface area contributed by atoms with Crippen molar-refractivity contribution in [1.29, 1.82) is 0 Å². The molecule has 6 nitrogen and oxygen atoms in total. The molecule has 1 amide bonds. The minimum atomic E-state index is -4.82. The Morgan fingerprint density at radius 1 is 1.14 bits per heavy atom. The highest BCUT2D eigenvalue weighted by atomic mass is 19.4. The summed E-state index contributed by atoms with van der Waals surface area (Å²) in [6, 6.07) is 6.71. The van der Waals surface area contributed by atoms with E-state index in [9.17, 15) is 18.0 Å². The second-order valence-corrected chi connectivity index (χ2v) is 4.48. The van der Waals surface area contributed by atoms with Gasteiger partial charge < -0.3 is 9.80 Å². The summed E-state index contributed by atoms with van der Waals surface area (Å²) in [7, 11) is 0. The number of amides is 1. The van der Waals surface area contributed by atoms with E-state index in [0.29, 0.717) is 18.8 Å². The van der Waals surface area contributed by atoms with Gasteiger partial charge in [-0.25, -0.2) is 0 Å². The smallest absolute Gasteiger partial charge is 0.368 e. The lowest BCUT2D eigenvalue weighted by Gasteiger charge is -2.36. The van der Waals surface area contributed by atoms with Crippen LogP contribution in [0, 0.1) is 0 Å². The zero-order valence-electron chi connectivity index (χ0n) is 10.9. The van der Waals surface area contributed by atoms with Gasteiger partial charge in [0.15, 0.2) is 0 Å². The second kappa shape index (κ2) is 5.92. The molecule has 0 atom stereocenters. The van der Waals surface area contributed by atoms with Gasteiger partial charge in [0.05, 0.1) is 0 Å². The van der Waals surface area contributed by atoms with Gasteiger partial charge in [0.2, 0.25) is 0 Å². The van der Waals surface area contributed by atoms with Crippen LogP contribution in [0.4, 0.5) is 24.5 Å². The van der Waals surface area contributed by atoms with Gasteiger partial charge in [-0.15, -0.1) is 0 Å².